The van der Waals surface area contributed by atoms with Gasteiger partial charge in [-0.1, -0.05) is 36.4 Å². The fraction of sp³-hybridized carbons (Fsp3) is 0.158. The van der Waals surface area contributed by atoms with Crippen LogP contribution in [0.5, 0.6) is 0 Å². The average molecular weight is 361 g/mol. The third kappa shape index (κ3) is 3.61. The van der Waals surface area contributed by atoms with E-state index in [4.69, 9.17) is 9.15 Å². The smallest absolute Gasteiger partial charge is 0.416 e. The molecule has 0 amide bonds. The van der Waals surface area contributed by atoms with Gasteiger partial charge in [0.05, 0.1) is 12.2 Å². The zero-order valence-electron chi connectivity index (χ0n) is 13.7. The molecule has 7 heteroatoms. The van der Waals surface area contributed by atoms with Gasteiger partial charge in [-0.3, -0.25) is 0 Å². The fourth-order valence-electron chi connectivity index (χ4n) is 2.40. The molecule has 26 heavy (non-hydrogen) atoms. The minimum absolute atomic E-state index is 0.0783. The van der Waals surface area contributed by atoms with Gasteiger partial charge >= 0.3 is 12.1 Å². The first-order valence-electron chi connectivity index (χ1n) is 7.81. The van der Waals surface area contributed by atoms with Gasteiger partial charge in [0.15, 0.2) is 11.5 Å². The molecule has 0 atom stereocenters. The molecular formula is C19H14F3NO3. The number of hydrogen-bond donors (Lipinski definition) is 0. The summed E-state index contributed by atoms with van der Waals surface area (Å²) in [7, 11) is 0. The molecule has 0 saturated heterocycles. The molecule has 0 aliphatic rings. The maximum absolute atomic E-state index is 12.9. The fourth-order valence-corrected chi connectivity index (χ4v) is 2.40. The van der Waals surface area contributed by atoms with E-state index in [0.717, 1.165) is 12.1 Å². The number of esters is 1. The largest absolute Gasteiger partial charge is 0.461 e. The summed E-state index contributed by atoms with van der Waals surface area (Å²) in [6.45, 7) is 1.78. The standard InChI is InChI=1S/C19H14F3NO3/c1-2-25-18(24)15-16(12-7-4-3-5-8-12)26-17(23-15)13-9-6-10-14(11-13)19(20,21)22/h3-11H,2H2,1H3. The summed E-state index contributed by atoms with van der Waals surface area (Å²) < 4.78 is 49.4. The third-order valence-corrected chi connectivity index (χ3v) is 3.57. The molecule has 2 aromatic carbocycles. The number of oxazole rings is 1. The predicted octanol–water partition coefficient (Wildman–Crippen LogP) is 5.20. The zero-order valence-corrected chi connectivity index (χ0v) is 13.7. The Morgan fingerprint density at radius 3 is 2.42 bits per heavy atom. The summed E-state index contributed by atoms with van der Waals surface area (Å²) in [6, 6.07) is 13.3. The van der Waals surface area contributed by atoms with Gasteiger partial charge in [-0.25, -0.2) is 9.78 Å². The molecule has 134 valence electrons. The van der Waals surface area contributed by atoms with Crippen molar-refractivity contribution in [3.05, 3.63) is 65.9 Å². The van der Waals surface area contributed by atoms with Gasteiger partial charge in [0.25, 0.3) is 0 Å². The number of benzene rings is 2. The third-order valence-electron chi connectivity index (χ3n) is 3.57. The monoisotopic (exact) mass is 361 g/mol. The Morgan fingerprint density at radius 2 is 1.77 bits per heavy atom. The first kappa shape index (κ1) is 17.7. The molecule has 0 aliphatic heterocycles. The maximum atomic E-state index is 12.9. The van der Waals surface area contributed by atoms with E-state index in [1.807, 2.05) is 0 Å². The van der Waals surface area contributed by atoms with Crippen LogP contribution in [0.15, 0.2) is 59.0 Å². The lowest BCUT2D eigenvalue weighted by molar-refractivity contribution is -0.137. The quantitative estimate of drug-likeness (QED) is 0.599. The zero-order chi connectivity index (χ0) is 18.7. The molecule has 3 aromatic rings. The second-order valence-electron chi connectivity index (χ2n) is 5.36. The highest BCUT2D eigenvalue weighted by atomic mass is 19.4. The van der Waals surface area contributed by atoms with Gasteiger partial charge in [-0.15, -0.1) is 0 Å². The van der Waals surface area contributed by atoms with Crippen LogP contribution < -0.4 is 0 Å². The van der Waals surface area contributed by atoms with E-state index in [1.54, 1.807) is 37.3 Å². The molecule has 0 bridgehead atoms. The minimum Gasteiger partial charge on any atom is -0.461 e. The average Bonchev–Trinajstić information content (AvgIpc) is 3.08. The van der Waals surface area contributed by atoms with Gasteiger partial charge in [0.2, 0.25) is 5.89 Å². The van der Waals surface area contributed by atoms with E-state index >= 15 is 0 Å². The van der Waals surface area contributed by atoms with Gasteiger partial charge in [-0.2, -0.15) is 13.2 Å². The molecule has 0 saturated carbocycles. The number of rotatable bonds is 4. The second kappa shape index (κ2) is 7.03. The van der Waals surface area contributed by atoms with Crippen molar-refractivity contribution in [2.75, 3.05) is 6.61 Å². The lowest BCUT2D eigenvalue weighted by atomic mass is 10.1. The molecule has 0 aliphatic carbocycles. The van der Waals surface area contributed by atoms with Crippen LogP contribution in [0.1, 0.15) is 23.0 Å². The normalized spacial score (nSPS) is 11.4. The number of alkyl halides is 3. The van der Waals surface area contributed by atoms with E-state index in [9.17, 15) is 18.0 Å². The summed E-state index contributed by atoms with van der Waals surface area (Å²) in [5.74, 6) is -0.636. The van der Waals surface area contributed by atoms with Crippen molar-refractivity contribution in [1.29, 1.82) is 0 Å². The van der Waals surface area contributed by atoms with Gasteiger partial charge in [-0.05, 0) is 25.1 Å². The summed E-state index contributed by atoms with van der Waals surface area (Å²) in [4.78, 5) is 16.3. The topological polar surface area (TPSA) is 52.3 Å². The molecule has 0 spiro atoms. The molecule has 0 unspecified atom stereocenters. The van der Waals surface area contributed by atoms with E-state index in [0.29, 0.717) is 5.56 Å². The maximum Gasteiger partial charge on any atom is 0.416 e. The van der Waals surface area contributed by atoms with Crippen LogP contribution in [0.2, 0.25) is 0 Å². The van der Waals surface area contributed by atoms with Crippen molar-refractivity contribution < 1.29 is 27.1 Å². The first-order valence-corrected chi connectivity index (χ1v) is 7.81. The number of ether oxygens (including phenoxy) is 1. The summed E-state index contributed by atoms with van der Waals surface area (Å²) in [5, 5.41) is 0. The van der Waals surface area contributed by atoms with Crippen LogP contribution in [0.4, 0.5) is 13.2 Å². The Bertz CT molecular complexity index is 917. The lowest BCUT2D eigenvalue weighted by Crippen LogP contribution is -2.06. The molecular weight excluding hydrogens is 347 g/mol. The van der Waals surface area contributed by atoms with Crippen LogP contribution in [0, 0.1) is 0 Å². The molecule has 0 fully saturated rings. The number of halogens is 3. The number of hydrogen-bond acceptors (Lipinski definition) is 4. The van der Waals surface area contributed by atoms with E-state index in [2.05, 4.69) is 4.98 Å². The second-order valence-corrected chi connectivity index (χ2v) is 5.36. The molecule has 1 aromatic heterocycles. The molecule has 3 rings (SSSR count). The summed E-state index contributed by atoms with van der Waals surface area (Å²) in [6.07, 6.45) is -4.49. The highest BCUT2D eigenvalue weighted by Gasteiger charge is 2.31. The van der Waals surface area contributed by atoms with Crippen molar-refractivity contribution in [3.8, 4) is 22.8 Å². The number of carbonyl (C=O) groups excluding carboxylic acids is 1. The van der Waals surface area contributed by atoms with Crippen LogP contribution in [-0.4, -0.2) is 17.6 Å². The Labute approximate surface area is 147 Å². The van der Waals surface area contributed by atoms with Crippen LogP contribution in [-0.2, 0) is 10.9 Å². The van der Waals surface area contributed by atoms with Gasteiger partial charge < -0.3 is 9.15 Å². The van der Waals surface area contributed by atoms with Crippen LogP contribution in [0.25, 0.3) is 22.8 Å². The van der Waals surface area contributed by atoms with Crippen molar-refractivity contribution >= 4 is 5.97 Å². The van der Waals surface area contributed by atoms with Crippen LogP contribution in [0.3, 0.4) is 0 Å². The SMILES string of the molecule is CCOC(=O)c1nc(-c2cccc(C(F)(F)F)c2)oc1-c1ccccc1. The lowest BCUT2D eigenvalue weighted by Gasteiger charge is -2.06. The Kier molecular flexibility index (Phi) is 4.79. The number of aromatic nitrogens is 1. The highest BCUT2D eigenvalue weighted by molar-refractivity contribution is 5.94. The van der Waals surface area contributed by atoms with Gasteiger partial charge in [0, 0.05) is 11.1 Å². The summed E-state index contributed by atoms with van der Waals surface area (Å²) >= 11 is 0. The predicted molar refractivity (Wildman–Crippen MR) is 88.3 cm³/mol. The Balaban J connectivity index is 2.11. The Morgan fingerprint density at radius 1 is 1.08 bits per heavy atom. The number of carbonyl (C=O) groups is 1. The van der Waals surface area contributed by atoms with Crippen molar-refractivity contribution in [3.63, 3.8) is 0 Å². The summed E-state index contributed by atoms with van der Waals surface area (Å²) in [5.41, 5.74) is -0.216. The number of nitrogens with zero attached hydrogens (tertiary/aromatic N) is 1. The molecule has 4 nitrogen and oxygen atoms in total. The first-order chi connectivity index (χ1) is 12.4. The van der Waals surface area contributed by atoms with Crippen molar-refractivity contribution in [2.24, 2.45) is 0 Å². The minimum atomic E-state index is -4.49. The highest BCUT2D eigenvalue weighted by Crippen LogP contribution is 2.34. The Hall–Kier alpha value is -3.09. The van der Waals surface area contributed by atoms with E-state index in [1.165, 1.54) is 12.1 Å². The van der Waals surface area contributed by atoms with Crippen LogP contribution >= 0.6 is 0 Å². The van der Waals surface area contributed by atoms with Crippen molar-refractivity contribution in [1.82, 2.24) is 4.98 Å². The van der Waals surface area contributed by atoms with E-state index in [-0.39, 0.29) is 29.5 Å². The van der Waals surface area contributed by atoms with Crippen molar-refractivity contribution in [2.45, 2.75) is 13.1 Å². The van der Waals surface area contributed by atoms with E-state index < -0.39 is 17.7 Å². The molecule has 0 N–H and O–H groups in total. The molecule has 1 heterocycles. The molecule has 0 radical (unpaired) electrons. The van der Waals surface area contributed by atoms with Gasteiger partial charge in [0.1, 0.15) is 0 Å².